The number of carbonyl (C=O) groups excluding carboxylic acids is 2. The highest BCUT2D eigenvalue weighted by Crippen LogP contribution is 2.22. The van der Waals surface area contributed by atoms with Crippen LogP contribution >= 0.6 is 0 Å². The number of rotatable bonds is 4. The van der Waals surface area contributed by atoms with Crippen molar-refractivity contribution in [2.75, 3.05) is 18.8 Å². The van der Waals surface area contributed by atoms with E-state index in [0.717, 1.165) is 11.1 Å². The average Bonchev–Trinajstić information content (AvgIpc) is 3.37. The van der Waals surface area contributed by atoms with Crippen molar-refractivity contribution in [3.63, 3.8) is 0 Å². The molecule has 4 rings (SSSR count). The van der Waals surface area contributed by atoms with Crippen LogP contribution in [0.3, 0.4) is 0 Å². The molecule has 2 aromatic heterocycles. The summed E-state index contributed by atoms with van der Waals surface area (Å²) in [6.07, 6.45) is 5.73. The molecule has 0 saturated carbocycles. The van der Waals surface area contributed by atoms with Crippen LogP contribution in [-0.2, 0) is 7.05 Å². The Labute approximate surface area is 178 Å². The maximum Gasteiger partial charge on any atom is 0.255 e. The molecule has 2 amide bonds. The lowest BCUT2D eigenvalue weighted by Gasteiger charge is -2.18. The Morgan fingerprint density at radius 2 is 2.00 bits per heavy atom. The van der Waals surface area contributed by atoms with Crippen molar-refractivity contribution in [1.82, 2.24) is 25.0 Å². The van der Waals surface area contributed by atoms with Crippen LogP contribution in [0.15, 0.2) is 42.9 Å². The van der Waals surface area contributed by atoms with Crippen LogP contribution in [0.1, 0.15) is 32.7 Å². The average molecular weight is 422 g/mol. The number of benzene rings is 1. The van der Waals surface area contributed by atoms with Gasteiger partial charge in [0.2, 0.25) is 0 Å². The topological polar surface area (TPSA) is 106 Å². The highest BCUT2D eigenvalue weighted by Gasteiger charge is 2.29. The highest BCUT2D eigenvalue weighted by molar-refractivity contribution is 6.00. The number of amides is 2. The molecule has 1 aliphatic heterocycles. The summed E-state index contributed by atoms with van der Waals surface area (Å²) in [4.78, 5) is 31.5. The minimum absolute atomic E-state index is 0.137. The van der Waals surface area contributed by atoms with Crippen LogP contribution in [-0.4, -0.2) is 50.6 Å². The number of aromatic nitrogens is 3. The second-order valence-electron chi connectivity index (χ2n) is 7.73. The van der Waals surface area contributed by atoms with Gasteiger partial charge in [-0.3, -0.25) is 14.3 Å². The summed E-state index contributed by atoms with van der Waals surface area (Å²) in [5.41, 5.74) is 8.84. The number of pyridine rings is 1. The van der Waals surface area contributed by atoms with Crippen molar-refractivity contribution in [2.24, 2.45) is 7.05 Å². The maximum absolute atomic E-state index is 13.3. The van der Waals surface area contributed by atoms with Crippen molar-refractivity contribution in [2.45, 2.75) is 19.4 Å². The van der Waals surface area contributed by atoms with Gasteiger partial charge in [0.25, 0.3) is 11.8 Å². The number of nitrogens with two attached hydrogens (primary N) is 1. The van der Waals surface area contributed by atoms with E-state index >= 15 is 0 Å². The lowest BCUT2D eigenvalue weighted by molar-refractivity contribution is 0.0782. The summed E-state index contributed by atoms with van der Waals surface area (Å²) in [5.74, 6) is -0.750. The molecule has 3 aromatic rings. The highest BCUT2D eigenvalue weighted by atomic mass is 19.1. The normalized spacial score (nSPS) is 15.8. The third-order valence-electron chi connectivity index (χ3n) is 5.43. The standard InChI is InChI=1S/C22H23FN6O2/c1-13-7-16(23)3-4-18(13)22(31)29-6-5-17(12-29)27-21(30)19-8-14(9-25-20(19)24)15-10-26-28(2)11-15/h3-4,7-11,17H,5-6,12H2,1-2H3,(H2,24,25)(H,27,30)/t17-/m1/s1. The van der Waals surface area contributed by atoms with Crippen molar-refractivity contribution < 1.29 is 14.0 Å². The van der Waals surface area contributed by atoms with Crippen molar-refractivity contribution in [3.8, 4) is 11.1 Å². The SMILES string of the molecule is Cc1cc(F)ccc1C(=O)N1CC[C@@H](NC(=O)c2cc(-c3cnn(C)c3)cnc2N)C1. The van der Waals surface area contributed by atoms with Gasteiger partial charge in [0.1, 0.15) is 11.6 Å². The van der Waals surface area contributed by atoms with Crippen molar-refractivity contribution >= 4 is 17.6 Å². The lowest BCUT2D eigenvalue weighted by Crippen LogP contribution is -2.39. The molecule has 0 bridgehead atoms. The number of nitrogens with one attached hydrogen (secondary N) is 1. The second-order valence-corrected chi connectivity index (χ2v) is 7.73. The van der Waals surface area contributed by atoms with Crippen LogP contribution in [0.4, 0.5) is 10.2 Å². The Hall–Kier alpha value is -3.75. The predicted molar refractivity (Wildman–Crippen MR) is 114 cm³/mol. The van der Waals surface area contributed by atoms with Crippen LogP contribution in [0.25, 0.3) is 11.1 Å². The Morgan fingerprint density at radius 1 is 1.19 bits per heavy atom. The zero-order valence-corrected chi connectivity index (χ0v) is 17.3. The number of hydrogen-bond acceptors (Lipinski definition) is 5. The summed E-state index contributed by atoms with van der Waals surface area (Å²) in [5, 5.41) is 7.08. The smallest absolute Gasteiger partial charge is 0.255 e. The van der Waals surface area contributed by atoms with Gasteiger partial charge in [0.05, 0.1) is 11.8 Å². The molecule has 3 N–H and O–H groups in total. The fourth-order valence-corrected chi connectivity index (χ4v) is 3.75. The lowest BCUT2D eigenvalue weighted by atomic mass is 10.1. The molecule has 0 radical (unpaired) electrons. The Bertz CT molecular complexity index is 1160. The number of halogens is 1. The Morgan fingerprint density at radius 3 is 2.71 bits per heavy atom. The largest absolute Gasteiger partial charge is 0.383 e. The molecular formula is C22H23FN6O2. The first-order valence-corrected chi connectivity index (χ1v) is 9.92. The van der Waals surface area contributed by atoms with E-state index in [1.54, 1.807) is 35.0 Å². The molecule has 0 spiro atoms. The summed E-state index contributed by atoms with van der Waals surface area (Å²) in [6, 6.07) is 5.59. The number of carbonyl (C=O) groups is 2. The van der Waals surface area contributed by atoms with E-state index in [4.69, 9.17) is 5.73 Å². The summed E-state index contributed by atoms with van der Waals surface area (Å²) < 4.78 is 15.0. The molecule has 8 nitrogen and oxygen atoms in total. The van der Waals surface area contributed by atoms with E-state index in [9.17, 15) is 14.0 Å². The molecule has 9 heteroatoms. The molecule has 0 aliphatic carbocycles. The van der Waals surface area contributed by atoms with Gasteiger partial charge in [-0.2, -0.15) is 5.10 Å². The molecule has 1 saturated heterocycles. The van der Waals surface area contributed by atoms with E-state index in [-0.39, 0.29) is 35.1 Å². The Kier molecular flexibility index (Phi) is 5.41. The molecule has 0 unspecified atom stereocenters. The van der Waals surface area contributed by atoms with Gasteiger partial charge in [-0.05, 0) is 43.2 Å². The molecule has 31 heavy (non-hydrogen) atoms. The van der Waals surface area contributed by atoms with E-state index in [0.29, 0.717) is 30.6 Å². The van der Waals surface area contributed by atoms with Crippen molar-refractivity contribution in [3.05, 3.63) is 65.4 Å². The van der Waals surface area contributed by atoms with E-state index < -0.39 is 0 Å². The van der Waals surface area contributed by atoms with E-state index in [2.05, 4.69) is 15.4 Å². The van der Waals surface area contributed by atoms with E-state index in [1.165, 1.54) is 18.2 Å². The molecular weight excluding hydrogens is 399 g/mol. The number of nitrogen functional groups attached to an aromatic ring is 1. The molecule has 1 atom stereocenters. The van der Waals surface area contributed by atoms with Gasteiger partial charge in [-0.1, -0.05) is 0 Å². The Balaban J connectivity index is 1.44. The fraction of sp³-hybridized carbons (Fsp3) is 0.273. The molecule has 160 valence electrons. The molecule has 3 heterocycles. The van der Waals surface area contributed by atoms with Gasteiger partial charge in [0.15, 0.2) is 0 Å². The van der Waals surface area contributed by atoms with Crippen LogP contribution in [0.5, 0.6) is 0 Å². The first kappa shape index (κ1) is 20.5. The second kappa shape index (κ2) is 8.17. The third-order valence-corrected chi connectivity index (χ3v) is 5.43. The van der Waals surface area contributed by atoms with E-state index in [1.807, 2.05) is 13.2 Å². The van der Waals surface area contributed by atoms with Gasteiger partial charge in [0, 0.05) is 55.3 Å². The van der Waals surface area contributed by atoms with Gasteiger partial charge in [-0.15, -0.1) is 0 Å². The first-order valence-electron chi connectivity index (χ1n) is 9.92. The predicted octanol–water partition coefficient (Wildman–Crippen LogP) is 2.16. The number of anilines is 1. The van der Waals surface area contributed by atoms with Crippen LogP contribution < -0.4 is 11.1 Å². The molecule has 1 aromatic carbocycles. The zero-order valence-electron chi connectivity index (χ0n) is 17.3. The summed E-state index contributed by atoms with van der Waals surface area (Å²) >= 11 is 0. The van der Waals surface area contributed by atoms with Gasteiger partial charge < -0.3 is 16.0 Å². The quantitative estimate of drug-likeness (QED) is 0.670. The molecule has 1 aliphatic rings. The number of hydrogen-bond donors (Lipinski definition) is 2. The van der Waals surface area contributed by atoms with Gasteiger partial charge in [-0.25, -0.2) is 9.37 Å². The van der Waals surface area contributed by atoms with Crippen molar-refractivity contribution in [1.29, 1.82) is 0 Å². The van der Waals surface area contributed by atoms with Crippen LogP contribution in [0.2, 0.25) is 0 Å². The van der Waals surface area contributed by atoms with Crippen LogP contribution in [0, 0.1) is 12.7 Å². The number of aryl methyl sites for hydroxylation is 2. The monoisotopic (exact) mass is 422 g/mol. The van der Waals surface area contributed by atoms with Gasteiger partial charge >= 0.3 is 0 Å². The third kappa shape index (κ3) is 4.25. The summed E-state index contributed by atoms with van der Waals surface area (Å²) in [6.45, 7) is 2.58. The minimum atomic E-state index is -0.375. The fourth-order valence-electron chi connectivity index (χ4n) is 3.75. The first-order chi connectivity index (χ1) is 14.8. The maximum atomic E-state index is 13.3. The zero-order chi connectivity index (χ0) is 22.1. The molecule has 1 fully saturated rings. The minimum Gasteiger partial charge on any atom is -0.383 e. The summed E-state index contributed by atoms with van der Waals surface area (Å²) in [7, 11) is 1.81. The number of nitrogens with zero attached hydrogens (tertiary/aromatic N) is 4. The number of likely N-dealkylation sites (tertiary alicyclic amines) is 1.